The summed E-state index contributed by atoms with van der Waals surface area (Å²) < 4.78 is 0. The molecule has 0 bridgehead atoms. The molecule has 0 atom stereocenters. The molecule has 4 aliphatic rings. The second-order valence-corrected chi connectivity index (χ2v) is 10.3. The molecule has 0 unspecified atom stereocenters. The van der Waals surface area contributed by atoms with Crippen LogP contribution in [-0.2, 0) is 4.79 Å². The Labute approximate surface area is 199 Å². The summed E-state index contributed by atoms with van der Waals surface area (Å²) in [5, 5.41) is 9.73. The van der Waals surface area contributed by atoms with Gasteiger partial charge in [0, 0.05) is 63.2 Å². The quantitative estimate of drug-likeness (QED) is 0.659. The van der Waals surface area contributed by atoms with Gasteiger partial charge < -0.3 is 24.6 Å². The SMILES string of the molecule is CC.CC.CC(C)N1CCC(N2CC3(CN(C)C3)C2)CC1.CN1CCC(O)(CC=O)CC1. The predicted molar refractivity (Wildman–Crippen MR) is 136 cm³/mol. The molecular weight excluding hydrogens is 400 g/mol. The van der Waals surface area contributed by atoms with Crippen molar-refractivity contribution in [3.63, 3.8) is 0 Å². The molecule has 190 valence electrons. The van der Waals surface area contributed by atoms with Crippen molar-refractivity contribution in [3.05, 3.63) is 0 Å². The van der Waals surface area contributed by atoms with Crippen LogP contribution in [0.1, 0.15) is 73.6 Å². The molecular formula is C26H54N4O2. The van der Waals surface area contributed by atoms with Crippen molar-refractivity contribution in [1.29, 1.82) is 0 Å². The first-order valence-electron chi connectivity index (χ1n) is 13.3. The molecule has 1 spiro atoms. The first-order chi connectivity index (χ1) is 15.2. The summed E-state index contributed by atoms with van der Waals surface area (Å²) in [7, 11) is 4.27. The van der Waals surface area contributed by atoms with E-state index in [4.69, 9.17) is 0 Å². The van der Waals surface area contributed by atoms with E-state index >= 15 is 0 Å². The van der Waals surface area contributed by atoms with E-state index in [9.17, 15) is 9.90 Å². The highest BCUT2D eigenvalue weighted by Crippen LogP contribution is 2.41. The summed E-state index contributed by atoms with van der Waals surface area (Å²) in [5.41, 5.74) is 0.0121. The van der Waals surface area contributed by atoms with Crippen molar-refractivity contribution in [2.45, 2.75) is 91.3 Å². The first kappa shape index (κ1) is 29.5. The molecule has 0 aromatic heterocycles. The minimum absolute atomic E-state index is 0.292. The van der Waals surface area contributed by atoms with Gasteiger partial charge in [-0.2, -0.15) is 0 Å². The van der Waals surface area contributed by atoms with E-state index in [2.05, 4.69) is 40.5 Å². The maximum atomic E-state index is 10.2. The highest BCUT2D eigenvalue weighted by molar-refractivity contribution is 5.51. The van der Waals surface area contributed by atoms with Gasteiger partial charge in [-0.15, -0.1) is 0 Å². The summed E-state index contributed by atoms with van der Waals surface area (Å²) in [6.45, 7) is 22.5. The molecule has 1 N–H and O–H groups in total. The summed E-state index contributed by atoms with van der Waals surface area (Å²) >= 11 is 0. The van der Waals surface area contributed by atoms with Crippen molar-refractivity contribution in [1.82, 2.24) is 19.6 Å². The topological polar surface area (TPSA) is 50.3 Å². The molecule has 4 rings (SSSR count). The molecule has 4 aliphatic heterocycles. The third kappa shape index (κ3) is 8.35. The third-order valence-electron chi connectivity index (χ3n) is 7.41. The molecule has 0 radical (unpaired) electrons. The van der Waals surface area contributed by atoms with E-state index in [1.54, 1.807) is 0 Å². The number of aldehydes is 1. The maximum absolute atomic E-state index is 10.2. The molecule has 0 aliphatic carbocycles. The van der Waals surface area contributed by atoms with E-state index in [0.29, 0.717) is 11.8 Å². The number of rotatable bonds is 4. The van der Waals surface area contributed by atoms with Gasteiger partial charge in [-0.1, -0.05) is 27.7 Å². The van der Waals surface area contributed by atoms with E-state index < -0.39 is 5.60 Å². The number of hydrogen-bond donors (Lipinski definition) is 1. The van der Waals surface area contributed by atoms with Crippen LogP contribution in [0.3, 0.4) is 0 Å². The Bertz CT molecular complexity index is 498. The zero-order valence-electron chi connectivity index (χ0n) is 22.6. The van der Waals surface area contributed by atoms with Gasteiger partial charge in [-0.05, 0) is 66.7 Å². The Hall–Kier alpha value is -0.530. The number of carbonyl (C=O) groups excluding carboxylic acids is 1. The van der Waals surface area contributed by atoms with Crippen LogP contribution in [0.5, 0.6) is 0 Å². The van der Waals surface area contributed by atoms with E-state index in [-0.39, 0.29) is 0 Å². The normalized spacial score (nSPS) is 25.8. The van der Waals surface area contributed by atoms with Gasteiger partial charge in [0.15, 0.2) is 0 Å². The predicted octanol–water partition coefficient (Wildman–Crippen LogP) is 3.19. The summed E-state index contributed by atoms with van der Waals surface area (Å²) in [4.78, 5) is 20.2. The lowest BCUT2D eigenvalue weighted by molar-refractivity contribution is -0.128. The third-order valence-corrected chi connectivity index (χ3v) is 7.41. The Morgan fingerprint density at radius 2 is 1.38 bits per heavy atom. The lowest BCUT2D eigenvalue weighted by atomic mass is 9.72. The van der Waals surface area contributed by atoms with Crippen LogP contribution >= 0.6 is 0 Å². The average molecular weight is 455 g/mol. The van der Waals surface area contributed by atoms with Gasteiger partial charge in [-0.25, -0.2) is 0 Å². The van der Waals surface area contributed by atoms with E-state index in [1.807, 2.05) is 34.7 Å². The zero-order chi connectivity index (χ0) is 24.4. The molecule has 32 heavy (non-hydrogen) atoms. The molecule has 0 aromatic carbocycles. The highest BCUT2D eigenvalue weighted by atomic mass is 16.3. The largest absolute Gasteiger partial charge is 0.389 e. The highest BCUT2D eigenvalue weighted by Gasteiger charge is 2.51. The fourth-order valence-electron chi connectivity index (χ4n) is 5.53. The molecule has 0 aromatic rings. The standard InChI is InChI=1S/C14H27N3.C8H15NO2.2C2H6/c1-12(2)16-6-4-13(5-7-16)17-10-14(11-17)8-15(3)9-14;1-9-5-2-8(11,3-6-9)4-7-10;2*1-2/h12-13H,4-11H2,1-3H3;7,11H,2-6H2,1H3;2*1-2H3. The fourth-order valence-corrected chi connectivity index (χ4v) is 5.53. The number of likely N-dealkylation sites (tertiary alicyclic amines) is 4. The van der Waals surface area contributed by atoms with Crippen molar-refractivity contribution in [2.24, 2.45) is 5.41 Å². The fraction of sp³-hybridized carbons (Fsp3) is 0.962. The zero-order valence-corrected chi connectivity index (χ0v) is 22.6. The second kappa shape index (κ2) is 14.0. The Kier molecular flexibility index (Phi) is 12.9. The van der Waals surface area contributed by atoms with Crippen LogP contribution in [0.4, 0.5) is 0 Å². The van der Waals surface area contributed by atoms with Gasteiger partial charge in [0.2, 0.25) is 0 Å². The molecule has 4 saturated heterocycles. The number of hydrogen-bond acceptors (Lipinski definition) is 6. The molecule has 4 heterocycles. The van der Waals surface area contributed by atoms with Crippen LogP contribution in [0.2, 0.25) is 0 Å². The van der Waals surface area contributed by atoms with Gasteiger partial charge >= 0.3 is 0 Å². The average Bonchev–Trinajstić information content (AvgIpc) is 2.76. The Morgan fingerprint density at radius 1 is 0.875 bits per heavy atom. The minimum Gasteiger partial charge on any atom is -0.389 e. The van der Waals surface area contributed by atoms with Crippen LogP contribution in [0, 0.1) is 5.41 Å². The van der Waals surface area contributed by atoms with Gasteiger partial charge in [0.1, 0.15) is 6.29 Å². The van der Waals surface area contributed by atoms with Crippen molar-refractivity contribution in [2.75, 3.05) is 66.5 Å². The summed E-state index contributed by atoms with van der Waals surface area (Å²) in [5.74, 6) is 0. The van der Waals surface area contributed by atoms with E-state index in [0.717, 1.165) is 44.3 Å². The molecule has 0 saturated carbocycles. The van der Waals surface area contributed by atoms with Crippen LogP contribution < -0.4 is 0 Å². The Balaban J connectivity index is 0.000000297. The lowest BCUT2D eigenvalue weighted by Crippen LogP contribution is -2.73. The second-order valence-electron chi connectivity index (χ2n) is 10.3. The van der Waals surface area contributed by atoms with Gasteiger partial charge in [-0.3, -0.25) is 4.90 Å². The van der Waals surface area contributed by atoms with Crippen LogP contribution in [0.15, 0.2) is 0 Å². The summed E-state index contributed by atoms with van der Waals surface area (Å²) in [6.07, 6.45) is 5.34. The molecule has 6 heteroatoms. The maximum Gasteiger partial charge on any atom is 0.122 e. The van der Waals surface area contributed by atoms with Crippen LogP contribution in [-0.4, -0.2) is 115 Å². The minimum atomic E-state index is -0.700. The molecule has 4 fully saturated rings. The number of aliphatic hydroxyl groups is 1. The van der Waals surface area contributed by atoms with Crippen molar-refractivity contribution in [3.8, 4) is 0 Å². The smallest absolute Gasteiger partial charge is 0.122 e. The molecule has 6 nitrogen and oxygen atoms in total. The summed E-state index contributed by atoms with van der Waals surface area (Å²) in [6, 6.07) is 1.63. The van der Waals surface area contributed by atoms with Gasteiger partial charge in [0.25, 0.3) is 0 Å². The van der Waals surface area contributed by atoms with Crippen molar-refractivity contribution < 1.29 is 9.90 Å². The van der Waals surface area contributed by atoms with E-state index in [1.165, 1.54) is 52.1 Å². The monoisotopic (exact) mass is 454 g/mol. The number of nitrogens with zero attached hydrogens (tertiary/aromatic N) is 4. The van der Waals surface area contributed by atoms with Crippen molar-refractivity contribution >= 4 is 6.29 Å². The number of carbonyl (C=O) groups is 1. The molecule has 0 amide bonds. The van der Waals surface area contributed by atoms with Crippen LogP contribution in [0.25, 0.3) is 0 Å². The Morgan fingerprint density at radius 3 is 1.78 bits per heavy atom. The number of piperidine rings is 2. The first-order valence-corrected chi connectivity index (χ1v) is 13.3. The van der Waals surface area contributed by atoms with Gasteiger partial charge in [0.05, 0.1) is 5.60 Å². The lowest BCUT2D eigenvalue weighted by Gasteiger charge is -2.62.